The summed E-state index contributed by atoms with van der Waals surface area (Å²) in [5, 5.41) is 1.32. The van der Waals surface area contributed by atoms with Crippen molar-refractivity contribution < 1.29 is 4.79 Å². The highest BCUT2D eigenvalue weighted by atomic mass is 16.1. The number of hydrogen-bond donors (Lipinski definition) is 2. The number of aromatic nitrogens is 3. The van der Waals surface area contributed by atoms with Gasteiger partial charge in [-0.05, 0) is 62.4 Å². The molecule has 2 aromatic heterocycles. The minimum Gasteiger partial charge on any atom is -0.364 e. The van der Waals surface area contributed by atoms with Crippen molar-refractivity contribution in [2.75, 3.05) is 13.1 Å². The Morgan fingerprint density at radius 3 is 3.00 bits per heavy atom. The van der Waals surface area contributed by atoms with Gasteiger partial charge in [-0.25, -0.2) is 9.97 Å². The van der Waals surface area contributed by atoms with Crippen LogP contribution in [0.3, 0.4) is 0 Å². The molecule has 140 valence electrons. The Balaban J connectivity index is 1.38. The molecular weight excluding hydrogens is 338 g/mol. The average molecular weight is 363 g/mol. The molecule has 1 saturated heterocycles. The molecule has 1 amide bonds. The van der Waals surface area contributed by atoms with Crippen LogP contribution < -0.4 is 5.73 Å². The van der Waals surface area contributed by atoms with Gasteiger partial charge in [0.2, 0.25) is 0 Å². The van der Waals surface area contributed by atoms with E-state index in [0.717, 1.165) is 38.2 Å². The number of amides is 1. The van der Waals surface area contributed by atoms with E-state index in [1.165, 1.54) is 35.6 Å². The lowest BCUT2D eigenvalue weighted by Crippen LogP contribution is -2.24. The van der Waals surface area contributed by atoms with Crippen LogP contribution in [0.15, 0.2) is 42.9 Å². The van der Waals surface area contributed by atoms with Gasteiger partial charge < -0.3 is 10.7 Å². The topological polar surface area (TPSA) is 87.9 Å². The van der Waals surface area contributed by atoms with Gasteiger partial charge in [0.15, 0.2) is 0 Å². The zero-order valence-corrected chi connectivity index (χ0v) is 15.4. The second kappa shape index (κ2) is 7.88. The third-order valence-corrected chi connectivity index (χ3v) is 5.48. The molecule has 0 saturated carbocycles. The van der Waals surface area contributed by atoms with Gasteiger partial charge in [0.1, 0.15) is 12.0 Å². The van der Waals surface area contributed by atoms with E-state index in [-0.39, 0.29) is 0 Å². The number of nitrogens with one attached hydrogen (secondary N) is 1. The van der Waals surface area contributed by atoms with Gasteiger partial charge in [-0.15, -0.1) is 0 Å². The summed E-state index contributed by atoms with van der Waals surface area (Å²) >= 11 is 0. The highest BCUT2D eigenvalue weighted by molar-refractivity contribution is 5.90. The number of hydrogen-bond acceptors (Lipinski definition) is 4. The van der Waals surface area contributed by atoms with E-state index >= 15 is 0 Å². The molecule has 0 radical (unpaired) electrons. The molecule has 3 heterocycles. The molecule has 1 unspecified atom stereocenters. The molecule has 3 aromatic rings. The number of rotatable bonds is 5. The van der Waals surface area contributed by atoms with Gasteiger partial charge >= 0.3 is 0 Å². The Kier molecular flexibility index (Phi) is 5.16. The van der Waals surface area contributed by atoms with E-state index in [0.29, 0.717) is 11.6 Å². The van der Waals surface area contributed by atoms with Crippen LogP contribution in [0.1, 0.15) is 41.0 Å². The van der Waals surface area contributed by atoms with Crippen molar-refractivity contribution in [2.45, 2.75) is 32.2 Å². The lowest BCUT2D eigenvalue weighted by atomic mass is 9.95. The Bertz CT molecular complexity index is 935. The Morgan fingerprint density at radius 2 is 2.11 bits per heavy atom. The van der Waals surface area contributed by atoms with Gasteiger partial charge in [-0.1, -0.05) is 18.2 Å². The smallest absolute Gasteiger partial charge is 0.267 e. The molecule has 0 spiro atoms. The summed E-state index contributed by atoms with van der Waals surface area (Å²) in [5.41, 5.74) is 9.11. The standard InChI is InChI=1S/C21H25N5O/c22-21(27)20-11-17(24-14-25-20)10-15-4-3-8-26(9-7-15)13-16-12-23-19-6-2-1-5-18(16)19/h1-2,5-6,11-12,14-15,23H,3-4,7-10,13H2,(H2,22,27). The summed E-state index contributed by atoms with van der Waals surface area (Å²) in [7, 11) is 0. The Hall–Kier alpha value is -2.73. The average Bonchev–Trinajstić information content (AvgIpc) is 2.95. The van der Waals surface area contributed by atoms with Crippen LogP contribution in [0, 0.1) is 5.92 Å². The predicted molar refractivity (Wildman–Crippen MR) is 105 cm³/mol. The molecule has 6 heteroatoms. The number of likely N-dealkylation sites (tertiary alicyclic amines) is 1. The van der Waals surface area contributed by atoms with Crippen molar-refractivity contribution >= 4 is 16.8 Å². The van der Waals surface area contributed by atoms with Crippen LogP contribution in [-0.4, -0.2) is 38.8 Å². The molecule has 3 N–H and O–H groups in total. The first-order chi connectivity index (χ1) is 13.2. The fourth-order valence-electron chi connectivity index (χ4n) is 4.03. The molecule has 1 aliphatic rings. The molecule has 1 atom stereocenters. The van der Waals surface area contributed by atoms with Gasteiger partial charge in [0, 0.05) is 29.3 Å². The largest absolute Gasteiger partial charge is 0.364 e. The summed E-state index contributed by atoms with van der Waals surface area (Å²) < 4.78 is 0. The zero-order chi connectivity index (χ0) is 18.6. The summed E-state index contributed by atoms with van der Waals surface area (Å²) in [5.74, 6) is 0.0815. The first-order valence-electron chi connectivity index (χ1n) is 9.57. The molecule has 0 bridgehead atoms. The van der Waals surface area contributed by atoms with Gasteiger partial charge in [-0.3, -0.25) is 9.69 Å². The van der Waals surface area contributed by atoms with Gasteiger partial charge in [0.25, 0.3) is 5.91 Å². The molecule has 1 aliphatic heterocycles. The van der Waals surface area contributed by atoms with Crippen molar-refractivity contribution in [3.8, 4) is 0 Å². The second-order valence-corrected chi connectivity index (χ2v) is 7.40. The number of primary amides is 1. The highest BCUT2D eigenvalue weighted by Crippen LogP contribution is 2.24. The number of H-pyrrole nitrogens is 1. The summed E-state index contributed by atoms with van der Waals surface area (Å²) in [4.78, 5) is 25.5. The van der Waals surface area contributed by atoms with Crippen LogP contribution in [0.5, 0.6) is 0 Å². The Morgan fingerprint density at radius 1 is 1.22 bits per heavy atom. The maximum Gasteiger partial charge on any atom is 0.267 e. The zero-order valence-electron chi connectivity index (χ0n) is 15.4. The van der Waals surface area contributed by atoms with Crippen LogP contribution in [0.25, 0.3) is 10.9 Å². The monoisotopic (exact) mass is 363 g/mol. The number of carbonyl (C=O) groups excluding carboxylic acids is 1. The molecular formula is C21H25N5O. The number of carbonyl (C=O) groups is 1. The first-order valence-corrected chi connectivity index (χ1v) is 9.57. The molecule has 6 nitrogen and oxygen atoms in total. The SMILES string of the molecule is NC(=O)c1cc(CC2CCCN(Cc3c[nH]c4ccccc34)CC2)ncn1. The molecule has 1 fully saturated rings. The third kappa shape index (κ3) is 4.17. The quantitative estimate of drug-likeness (QED) is 0.729. The normalized spacial score (nSPS) is 18.4. The number of fused-ring (bicyclic) bond motifs is 1. The molecule has 27 heavy (non-hydrogen) atoms. The Labute approximate surface area is 158 Å². The van der Waals surface area contributed by atoms with Crippen molar-refractivity contribution in [1.29, 1.82) is 0 Å². The maximum absolute atomic E-state index is 11.3. The van der Waals surface area contributed by atoms with Crippen LogP contribution in [0.2, 0.25) is 0 Å². The lowest BCUT2D eigenvalue weighted by Gasteiger charge is -2.20. The summed E-state index contributed by atoms with van der Waals surface area (Å²) in [6.07, 6.45) is 7.96. The second-order valence-electron chi connectivity index (χ2n) is 7.40. The number of nitrogens with zero attached hydrogens (tertiary/aromatic N) is 3. The van der Waals surface area contributed by atoms with E-state index in [1.54, 1.807) is 6.07 Å². The van der Waals surface area contributed by atoms with E-state index < -0.39 is 5.91 Å². The van der Waals surface area contributed by atoms with Crippen molar-refractivity contribution in [1.82, 2.24) is 19.9 Å². The van der Waals surface area contributed by atoms with Crippen molar-refractivity contribution in [3.05, 3.63) is 59.8 Å². The summed E-state index contributed by atoms with van der Waals surface area (Å²) in [6.45, 7) is 3.18. The summed E-state index contributed by atoms with van der Waals surface area (Å²) in [6, 6.07) is 10.2. The maximum atomic E-state index is 11.3. The fourth-order valence-corrected chi connectivity index (χ4v) is 4.03. The number of para-hydroxylation sites is 1. The fraction of sp³-hybridized carbons (Fsp3) is 0.381. The third-order valence-electron chi connectivity index (χ3n) is 5.48. The van der Waals surface area contributed by atoms with Gasteiger partial charge in [-0.2, -0.15) is 0 Å². The molecule has 1 aromatic carbocycles. The number of aromatic amines is 1. The highest BCUT2D eigenvalue weighted by Gasteiger charge is 2.19. The number of nitrogens with two attached hydrogens (primary N) is 1. The van der Waals surface area contributed by atoms with Crippen LogP contribution in [-0.2, 0) is 13.0 Å². The minimum atomic E-state index is -0.496. The molecule has 4 rings (SSSR count). The molecule has 0 aliphatic carbocycles. The van der Waals surface area contributed by atoms with E-state index in [9.17, 15) is 4.79 Å². The first kappa shape index (κ1) is 17.7. The van der Waals surface area contributed by atoms with E-state index in [1.807, 2.05) is 0 Å². The van der Waals surface area contributed by atoms with Crippen LogP contribution >= 0.6 is 0 Å². The van der Waals surface area contributed by atoms with Crippen molar-refractivity contribution in [2.24, 2.45) is 11.7 Å². The minimum absolute atomic E-state index is 0.301. The lowest BCUT2D eigenvalue weighted by molar-refractivity contribution is 0.0995. The van der Waals surface area contributed by atoms with E-state index in [2.05, 4.69) is 50.3 Å². The van der Waals surface area contributed by atoms with Crippen LogP contribution in [0.4, 0.5) is 0 Å². The van der Waals surface area contributed by atoms with E-state index in [4.69, 9.17) is 5.73 Å². The van der Waals surface area contributed by atoms with Gasteiger partial charge in [0.05, 0.1) is 0 Å². The predicted octanol–water partition coefficient (Wildman–Crippen LogP) is 2.90. The van der Waals surface area contributed by atoms with Crippen molar-refractivity contribution in [3.63, 3.8) is 0 Å². The number of benzene rings is 1.